The molecule has 5 heteroatoms. The van der Waals surface area contributed by atoms with Gasteiger partial charge in [0.25, 0.3) is 0 Å². The Kier molecular flexibility index (Phi) is 8.58. The van der Waals surface area contributed by atoms with Crippen LogP contribution in [0, 0.1) is 17.8 Å². The lowest BCUT2D eigenvalue weighted by atomic mass is 10.0. The molecule has 0 amide bonds. The Labute approximate surface area is 180 Å². The lowest BCUT2D eigenvalue weighted by Gasteiger charge is -2.16. The summed E-state index contributed by atoms with van der Waals surface area (Å²) in [4.78, 5) is 13.1. The molecule has 30 heavy (non-hydrogen) atoms. The van der Waals surface area contributed by atoms with Crippen LogP contribution in [0.1, 0.15) is 57.5 Å². The minimum atomic E-state index is -0.227. The Morgan fingerprint density at radius 1 is 0.767 bits per heavy atom. The van der Waals surface area contributed by atoms with Gasteiger partial charge in [-0.1, -0.05) is 41.5 Å². The number of aromatic hydroxyl groups is 1. The van der Waals surface area contributed by atoms with Crippen LogP contribution in [-0.4, -0.2) is 30.7 Å². The van der Waals surface area contributed by atoms with E-state index in [2.05, 4.69) is 27.7 Å². The number of hydrogen-bond donors (Lipinski definition) is 1. The Morgan fingerprint density at radius 3 is 1.90 bits per heavy atom. The standard InChI is InChI=1S/C25H34O5/c1-16(2)13-28-20-8-9-21(24(12-20)30-15-18(5)6)25(27)19-7-10-23(22(26)11-19)29-14-17(3)4/h7-12,16-18,26H,13-15H2,1-6H3. The maximum Gasteiger partial charge on any atom is 0.196 e. The molecule has 0 aliphatic heterocycles. The summed E-state index contributed by atoms with van der Waals surface area (Å²) in [6, 6.07) is 9.98. The number of phenolic OH excluding ortho intramolecular Hbond substituents is 1. The van der Waals surface area contributed by atoms with E-state index in [0.717, 1.165) is 0 Å². The second kappa shape index (κ2) is 10.9. The van der Waals surface area contributed by atoms with Gasteiger partial charge in [-0.2, -0.15) is 0 Å². The van der Waals surface area contributed by atoms with Gasteiger partial charge in [-0.25, -0.2) is 0 Å². The van der Waals surface area contributed by atoms with Crippen molar-refractivity contribution in [3.05, 3.63) is 47.5 Å². The lowest BCUT2D eigenvalue weighted by Crippen LogP contribution is -2.11. The van der Waals surface area contributed by atoms with E-state index in [4.69, 9.17) is 14.2 Å². The molecule has 164 valence electrons. The molecule has 0 aliphatic carbocycles. The monoisotopic (exact) mass is 414 g/mol. The van der Waals surface area contributed by atoms with Gasteiger partial charge >= 0.3 is 0 Å². The molecule has 2 rings (SSSR count). The van der Waals surface area contributed by atoms with E-state index in [9.17, 15) is 9.90 Å². The highest BCUT2D eigenvalue weighted by molar-refractivity contribution is 6.11. The van der Waals surface area contributed by atoms with E-state index in [1.54, 1.807) is 30.3 Å². The normalized spacial score (nSPS) is 11.2. The fraction of sp³-hybridized carbons (Fsp3) is 0.480. The minimum absolute atomic E-state index is 0.0527. The maximum atomic E-state index is 13.1. The van der Waals surface area contributed by atoms with E-state index in [-0.39, 0.29) is 11.5 Å². The summed E-state index contributed by atoms with van der Waals surface area (Å²) < 4.78 is 17.3. The van der Waals surface area contributed by atoms with Crippen molar-refractivity contribution in [3.63, 3.8) is 0 Å². The highest BCUT2D eigenvalue weighted by Crippen LogP contribution is 2.32. The van der Waals surface area contributed by atoms with Crippen LogP contribution in [0.15, 0.2) is 36.4 Å². The van der Waals surface area contributed by atoms with Crippen LogP contribution in [0.5, 0.6) is 23.0 Å². The van der Waals surface area contributed by atoms with Crippen LogP contribution in [0.4, 0.5) is 0 Å². The predicted octanol–water partition coefficient (Wildman–Crippen LogP) is 5.73. The molecule has 0 unspecified atom stereocenters. The molecule has 0 bridgehead atoms. The number of ether oxygens (including phenoxy) is 3. The van der Waals surface area contributed by atoms with Crippen LogP contribution in [-0.2, 0) is 0 Å². The van der Waals surface area contributed by atoms with Crippen molar-refractivity contribution in [2.45, 2.75) is 41.5 Å². The molecule has 0 aliphatic rings. The van der Waals surface area contributed by atoms with Crippen molar-refractivity contribution in [1.82, 2.24) is 0 Å². The van der Waals surface area contributed by atoms with E-state index < -0.39 is 0 Å². The summed E-state index contributed by atoms with van der Waals surface area (Å²) in [7, 11) is 0. The van der Waals surface area contributed by atoms with Gasteiger partial charge in [0.05, 0.1) is 25.4 Å². The molecule has 0 radical (unpaired) electrons. The van der Waals surface area contributed by atoms with Crippen LogP contribution >= 0.6 is 0 Å². The van der Waals surface area contributed by atoms with Gasteiger partial charge in [-0.05, 0) is 48.1 Å². The molecule has 0 aromatic heterocycles. The fourth-order valence-electron chi connectivity index (χ4n) is 2.61. The summed E-state index contributed by atoms with van der Waals surface area (Å²) in [5.74, 6) is 2.28. The maximum absolute atomic E-state index is 13.1. The van der Waals surface area contributed by atoms with Gasteiger partial charge in [-0.3, -0.25) is 4.79 Å². The largest absolute Gasteiger partial charge is 0.504 e. The third-order valence-corrected chi connectivity index (χ3v) is 4.15. The molecule has 0 atom stereocenters. The van der Waals surface area contributed by atoms with Gasteiger partial charge < -0.3 is 19.3 Å². The molecular formula is C25H34O5. The zero-order valence-electron chi connectivity index (χ0n) is 18.9. The Morgan fingerprint density at radius 2 is 1.33 bits per heavy atom. The molecule has 0 spiro atoms. The molecule has 0 heterocycles. The van der Waals surface area contributed by atoms with E-state index in [0.29, 0.717) is 65.9 Å². The number of rotatable bonds is 11. The van der Waals surface area contributed by atoms with Gasteiger partial charge in [0.1, 0.15) is 11.5 Å². The highest BCUT2D eigenvalue weighted by Gasteiger charge is 2.18. The van der Waals surface area contributed by atoms with Crippen molar-refractivity contribution in [3.8, 4) is 23.0 Å². The zero-order chi connectivity index (χ0) is 22.3. The summed E-state index contributed by atoms with van der Waals surface area (Å²) >= 11 is 0. The lowest BCUT2D eigenvalue weighted by molar-refractivity contribution is 0.103. The SMILES string of the molecule is CC(C)COc1ccc(C(=O)c2ccc(OCC(C)C)c(O)c2)c(OCC(C)C)c1. The summed E-state index contributed by atoms with van der Waals surface area (Å²) in [6.45, 7) is 13.9. The van der Waals surface area contributed by atoms with E-state index in [1.807, 2.05) is 13.8 Å². The van der Waals surface area contributed by atoms with Crippen molar-refractivity contribution in [2.75, 3.05) is 19.8 Å². The zero-order valence-corrected chi connectivity index (χ0v) is 18.9. The third kappa shape index (κ3) is 6.97. The van der Waals surface area contributed by atoms with Crippen LogP contribution in [0.3, 0.4) is 0 Å². The number of carbonyl (C=O) groups is 1. The minimum Gasteiger partial charge on any atom is -0.504 e. The van der Waals surface area contributed by atoms with Crippen LogP contribution in [0.25, 0.3) is 0 Å². The Bertz CT molecular complexity index is 839. The third-order valence-electron chi connectivity index (χ3n) is 4.15. The van der Waals surface area contributed by atoms with Crippen molar-refractivity contribution >= 4 is 5.78 Å². The average Bonchev–Trinajstić information content (AvgIpc) is 2.69. The fourth-order valence-corrected chi connectivity index (χ4v) is 2.61. The number of carbonyl (C=O) groups excluding carboxylic acids is 1. The highest BCUT2D eigenvalue weighted by atomic mass is 16.5. The molecule has 2 aromatic rings. The molecule has 2 aromatic carbocycles. The van der Waals surface area contributed by atoms with Gasteiger partial charge in [0.2, 0.25) is 0 Å². The van der Waals surface area contributed by atoms with Crippen molar-refractivity contribution < 1.29 is 24.1 Å². The first-order valence-corrected chi connectivity index (χ1v) is 10.6. The number of hydrogen-bond acceptors (Lipinski definition) is 5. The Balaban J connectivity index is 2.28. The summed E-state index contributed by atoms with van der Waals surface area (Å²) in [6.07, 6.45) is 0. The first kappa shape index (κ1) is 23.6. The van der Waals surface area contributed by atoms with Gasteiger partial charge in [-0.15, -0.1) is 0 Å². The van der Waals surface area contributed by atoms with Crippen molar-refractivity contribution in [1.29, 1.82) is 0 Å². The number of ketones is 1. The first-order valence-electron chi connectivity index (χ1n) is 10.6. The molecular weight excluding hydrogens is 380 g/mol. The molecule has 0 fully saturated rings. The van der Waals surface area contributed by atoms with Gasteiger partial charge in [0.15, 0.2) is 17.3 Å². The molecule has 1 N–H and O–H groups in total. The van der Waals surface area contributed by atoms with E-state index >= 15 is 0 Å². The quantitative estimate of drug-likeness (QED) is 0.476. The van der Waals surface area contributed by atoms with Crippen LogP contribution in [0.2, 0.25) is 0 Å². The molecule has 5 nitrogen and oxygen atoms in total. The predicted molar refractivity (Wildman–Crippen MR) is 119 cm³/mol. The average molecular weight is 415 g/mol. The van der Waals surface area contributed by atoms with Gasteiger partial charge in [0, 0.05) is 11.6 Å². The smallest absolute Gasteiger partial charge is 0.196 e. The number of phenols is 1. The second-order valence-corrected chi connectivity index (χ2v) is 8.78. The summed E-state index contributed by atoms with van der Waals surface area (Å²) in [5.41, 5.74) is 0.803. The topological polar surface area (TPSA) is 65.0 Å². The summed E-state index contributed by atoms with van der Waals surface area (Å²) in [5, 5.41) is 10.3. The second-order valence-electron chi connectivity index (χ2n) is 8.78. The molecule has 0 saturated heterocycles. The molecule has 0 saturated carbocycles. The first-order chi connectivity index (χ1) is 14.2. The van der Waals surface area contributed by atoms with Crippen LogP contribution < -0.4 is 14.2 Å². The Hall–Kier alpha value is -2.69. The van der Waals surface area contributed by atoms with Crippen molar-refractivity contribution in [2.24, 2.45) is 17.8 Å². The number of benzene rings is 2. The van der Waals surface area contributed by atoms with E-state index in [1.165, 1.54) is 6.07 Å².